The third-order valence-corrected chi connectivity index (χ3v) is 16.9. The lowest BCUT2D eigenvalue weighted by Crippen LogP contribution is -2.30. The molecule has 82 heavy (non-hydrogen) atoms. The molecule has 0 rings (SSSR count). The number of rotatable bonds is 69. The van der Waals surface area contributed by atoms with E-state index in [1.807, 2.05) is 0 Å². The maximum atomic E-state index is 12.9. The van der Waals surface area contributed by atoms with E-state index < -0.39 is 6.10 Å². The van der Waals surface area contributed by atoms with Crippen molar-refractivity contribution in [3.63, 3.8) is 0 Å². The Morgan fingerprint density at radius 3 is 0.683 bits per heavy atom. The van der Waals surface area contributed by atoms with Crippen molar-refractivity contribution in [1.82, 2.24) is 0 Å². The number of carbonyl (C=O) groups excluding carboxylic acids is 3. The van der Waals surface area contributed by atoms with Crippen LogP contribution >= 0.6 is 0 Å². The fourth-order valence-electron chi connectivity index (χ4n) is 11.3. The molecule has 0 aromatic carbocycles. The Bertz CT molecular complexity index is 1370. The molecule has 6 nitrogen and oxygen atoms in total. The number of esters is 3. The second-order valence-corrected chi connectivity index (χ2v) is 25.2. The van der Waals surface area contributed by atoms with Gasteiger partial charge in [-0.05, 0) is 57.8 Å². The predicted molar refractivity (Wildman–Crippen MR) is 358 cm³/mol. The molecule has 0 heterocycles. The molecule has 0 spiro atoms. The minimum atomic E-state index is -0.769. The topological polar surface area (TPSA) is 78.9 Å². The van der Waals surface area contributed by atoms with Crippen molar-refractivity contribution in [3.05, 3.63) is 36.5 Å². The Kier molecular flexibility index (Phi) is 69.1. The molecule has 0 saturated carbocycles. The van der Waals surface area contributed by atoms with Crippen molar-refractivity contribution in [1.29, 1.82) is 0 Å². The minimum Gasteiger partial charge on any atom is -0.462 e. The molecule has 482 valence electrons. The second-order valence-electron chi connectivity index (χ2n) is 25.2. The number of hydrogen-bond donors (Lipinski definition) is 0. The fourth-order valence-corrected chi connectivity index (χ4v) is 11.3. The van der Waals surface area contributed by atoms with Gasteiger partial charge in [0.2, 0.25) is 0 Å². The van der Waals surface area contributed by atoms with E-state index in [1.165, 1.54) is 302 Å². The first kappa shape index (κ1) is 79.6. The summed E-state index contributed by atoms with van der Waals surface area (Å²) >= 11 is 0. The van der Waals surface area contributed by atoms with E-state index in [0.717, 1.165) is 70.6 Å². The van der Waals surface area contributed by atoms with Crippen LogP contribution in [0, 0.1) is 0 Å². The van der Waals surface area contributed by atoms with E-state index in [-0.39, 0.29) is 31.1 Å². The molecule has 0 amide bonds. The van der Waals surface area contributed by atoms with Gasteiger partial charge in [-0.25, -0.2) is 0 Å². The van der Waals surface area contributed by atoms with E-state index >= 15 is 0 Å². The zero-order valence-corrected chi connectivity index (χ0v) is 55.5. The summed E-state index contributed by atoms with van der Waals surface area (Å²) in [5.74, 6) is -0.845. The lowest BCUT2D eigenvalue weighted by molar-refractivity contribution is -0.167. The molecule has 0 N–H and O–H groups in total. The van der Waals surface area contributed by atoms with Crippen molar-refractivity contribution in [2.24, 2.45) is 0 Å². The number of unbranched alkanes of at least 4 members (excludes halogenated alkanes) is 52. The Morgan fingerprint density at radius 2 is 0.439 bits per heavy atom. The highest BCUT2D eigenvalue weighted by molar-refractivity contribution is 5.71. The Balaban J connectivity index is 4.04. The van der Waals surface area contributed by atoms with Gasteiger partial charge in [-0.15, -0.1) is 0 Å². The van der Waals surface area contributed by atoms with Crippen LogP contribution in [0.25, 0.3) is 0 Å². The van der Waals surface area contributed by atoms with Crippen LogP contribution in [0.3, 0.4) is 0 Å². The summed E-state index contributed by atoms with van der Waals surface area (Å²) in [6, 6.07) is 0. The highest BCUT2D eigenvalue weighted by Crippen LogP contribution is 2.19. The van der Waals surface area contributed by atoms with Gasteiger partial charge in [-0.3, -0.25) is 14.4 Å². The molecule has 0 aliphatic rings. The van der Waals surface area contributed by atoms with Gasteiger partial charge in [0.25, 0.3) is 0 Å². The maximum absolute atomic E-state index is 12.9. The molecule has 1 unspecified atom stereocenters. The zero-order valence-electron chi connectivity index (χ0n) is 55.5. The quantitative estimate of drug-likeness (QED) is 0.0261. The lowest BCUT2D eigenvalue weighted by atomic mass is 10.0. The molecule has 6 heteroatoms. The number of carbonyl (C=O) groups is 3. The summed E-state index contributed by atoms with van der Waals surface area (Å²) in [6.45, 7) is 6.67. The van der Waals surface area contributed by atoms with Gasteiger partial charge in [0.15, 0.2) is 6.10 Å². The monoisotopic (exact) mass is 1150 g/mol. The Labute approximate surface area is 512 Å². The van der Waals surface area contributed by atoms with E-state index in [1.54, 1.807) is 0 Å². The van der Waals surface area contributed by atoms with E-state index in [2.05, 4.69) is 57.2 Å². The molecule has 0 radical (unpaired) electrons. The van der Waals surface area contributed by atoms with Gasteiger partial charge in [0, 0.05) is 19.3 Å². The van der Waals surface area contributed by atoms with Gasteiger partial charge in [-0.1, -0.05) is 372 Å². The van der Waals surface area contributed by atoms with Crippen LogP contribution in [0.1, 0.15) is 412 Å². The van der Waals surface area contributed by atoms with Crippen LogP contribution in [0.2, 0.25) is 0 Å². The SMILES string of the molecule is CCCCCCC/C=C\C/C=C\C/C=C\CCCCCCCCCCCCCCC(=O)OC(COC(=O)CCCCCCCCCC)COC(=O)CCCCCCCCCCCCCCCCCCCCCCCCCCCCCCC. The van der Waals surface area contributed by atoms with Crippen LogP contribution in [0.15, 0.2) is 36.5 Å². The normalized spacial score (nSPS) is 12.2. The third-order valence-electron chi connectivity index (χ3n) is 16.9. The van der Waals surface area contributed by atoms with Gasteiger partial charge >= 0.3 is 17.9 Å². The van der Waals surface area contributed by atoms with E-state index in [0.29, 0.717) is 19.3 Å². The van der Waals surface area contributed by atoms with Crippen LogP contribution in [-0.4, -0.2) is 37.2 Å². The van der Waals surface area contributed by atoms with E-state index in [9.17, 15) is 14.4 Å². The summed E-state index contributed by atoms with van der Waals surface area (Å²) in [7, 11) is 0. The highest BCUT2D eigenvalue weighted by Gasteiger charge is 2.20. The summed E-state index contributed by atoms with van der Waals surface area (Å²) in [4.78, 5) is 38.3. The minimum absolute atomic E-state index is 0.0670. The van der Waals surface area contributed by atoms with Crippen molar-refractivity contribution in [3.8, 4) is 0 Å². The first-order valence-corrected chi connectivity index (χ1v) is 37.0. The van der Waals surface area contributed by atoms with Crippen molar-refractivity contribution in [2.75, 3.05) is 13.2 Å². The summed E-state index contributed by atoms with van der Waals surface area (Å²) < 4.78 is 16.9. The van der Waals surface area contributed by atoms with Gasteiger partial charge < -0.3 is 14.2 Å². The number of allylic oxidation sites excluding steroid dienone is 6. The molecule has 0 fully saturated rings. The zero-order chi connectivity index (χ0) is 59.2. The summed E-state index contributed by atoms with van der Waals surface area (Å²) in [6.07, 6.45) is 89.3. The average Bonchev–Trinajstić information content (AvgIpc) is 3.48. The van der Waals surface area contributed by atoms with Crippen molar-refractivity contribution in [2.45, 2.75) is 419 Å². The van der Waals surface area contributed by atoms with Gasteiger partial charge in [0.1, 0.15) is 13.2 Å². The van der Waals surface area contributed by atoms with Gasteiger partial charge in [-0.2, -0.15) is 0 Å². The largest absolute Gasteiger partial charge is 0.462 e. The molecule has 1 atom stereocenters. The van der Waals surface area contributed by atoms with Crippen molar-refractivity contribution >= 4 is 17.9 Å². The van der Waals surface area contributed by atoms with Crippen LogP contribution in [0.4, 0.5) is 0 Å². The standard InChI is InChI=1S/C76H142O6/c1-4-7-10-13-16-19-21-23-25-27-29-31-33-35-37-38-40-41-43-45-47-49-51-53-55-57-60-63-66-69-75(78)81-72-73(71-80-74(77)68-65-62-59-18-15-12-9-6-3)82-76(79)70-67-64-61-58-56-54-52-50-48-46-44-42-39-36-34-32-30-28-26-24-22-20-17-14-11-8-5-2/h22,24,28,30,34,36,73H,4-21,23,25-27,29,31-33,35,37-72H2,1-3H3/b24-22-,30-28-,36-34-. The van der Waals surface area contributed by atoms with E-state index in [4.69, 9.17) is 14.2 Å². The Hall–Kier alpha value is -2.37. The van der Waals surface area contributed by atoms with Crippen LogP contribution < -0.4 is 0 Å². The smallest absolute Gasteiger partial charge is 0.306 e. The fraction of sp³-hybridized carbons (Fsp3) is 0.882. The summed E-state index contributed by atoms with van der Waals surface area (Å²) in [5, 5.41) is 0. The highest BCUT2D eigenvalue weighted by atomic mass is 16.6. The molecule has 0 aromatic rings. The lowest BCUT2D eigenvalue weighted by Gasteiger charge is -2.18. The van der Waals surface area contributed by atoms with Gasteiger partial charge in [0.05, 0.1) is 0 Å². The molecule has 0 saturated heterocycles. The van der Waals surface area contributed by atoms with Crippen LogP contribution in [0.5, 0.6) is 0 Å². The number of hydrogen-bond acceptors (Lipinski definition) is 6. The predicted octanol–water partition coefficient (Wildman–Crippen LogP) is 25.5. The average molecular weight is 1150 g/mol. The first-order chi connectivity index (χ1) is 40.5. The maximum Gasteiger partial charge on any atom is 0.306 e. The first-order valence-electron chi connectivity index (χ1n) is 37.0. The van der Waals surface area contributed by atoms with Crippen LogP contribution in [-0.2, 0) is 28.6 Å². The molecular formula is C76H142O6. The molecular weight excluding hydrogens is 1010 g/mol. The Morgan fingerprint density at radius 1 is 0.244 bits per heavy atom. The van der Waals surface area contributed by atoms with Crippen molar-refractivity contribution < 1.29 is 28.6 Å². The summed E-state index contributed by atoms with van der Waals surface area (Å²) in [5.41, 5.74) is 0. The molecule has 0 aliphatic carbocycles. The molecule has 0 aliphatic heterocycles. The third kappa shape index (κ3) is 68.4. The number of ether oxygens (including phenoxy) is 3. The second kappa shape index (κ2) is 71.1. The molecule has 0 bridgehead atoms. The molecule has 0 aromatic heterocycles.